The number of carbonyl (C=O) groups is 1. The molecule has 23 heavy (non-hydrogen) atoms. The number of hydrogen-bond acceptors (Lipinski definition) is 2. The van der Waals surface area contributed by atoms with Crippen LogP contribution in [-0.2, 0) is 15.1 Å². The van der Waals surface area contributed by atoms with Crippen LogP contribution in [0, 0.1) is 6.92 Å². The van der Waals surface area contributed by atoms with Gasteiger partial charge in [-0.3, -0.25) is 4.79 Å². The van der Waals surface area contributed by atoms with Gasteiger partial charge in [0, 0.05) is 16.7 Å². The number of carbonyl (C=O) groups excluding carboxylic acids is 1. The topological polar surface area (TPSA) is 46.5 Å². The summed E-state index contributed by atoms with van der Waals surface area (Å²) in [5.74, 6) is -0.446. The molecule has 0 heterocycles. The lowest BCUT2D eigenvalue weighted by Gasteiger charge is -2.18. The number of benzene rings is 2. The summed E-state index contributed by atoms with van der Waals surface area (Å²) >= 11 is 0. The summed E-state index contributed by atoms with van der Waals surface area (Å²) in [7, 11) is -2.74. The van der Waals surface area contributed by atoms with Gasteiger partial charge in [0.2, 0.25) is 0 Å². The van der Waals surface area contributed by atoms with E-state index in [9.17, 15) is 9.00 Å². The van der Waals surface area contributed by atoms with Crippen molar-refractivity contribution in [2.75, 3.05) is 6.26 Å². The Morgan fingerprint density at radius 2 is 1.48 bits per heavy atom. The number of nitrogens with zero attached hydrogens (tertiary/aromatic N) is 1. The smallest absolute Gasteiger partial charge is 0.266 e. The van der Waals surface area contributed by atoms with Gasteiger partial charge in [0.05, 0.1) is 9.73 Å². The third-order valence-corrected chi connectivity index (χ3v) is 5.37. The molecule has 2 aromatic rings. The summed E-state index contributed by atoms with van der Waals surface area (Å²) in [6.45, 7) is 8.31. The van der Waals surface area contributed by atoms with E-state index in [4.69, 9.17) is 0 Å². The summed E-state index contributed by atoms with van der Waals surface area (Å²) in [6, 6.07) is 14.6. The van der Waals surface area contributed by atoms with E-state index >= 15 is 0 Å². The number of amides is 1. The molecule has 0 N–H and O–H groups in total. The molecule has 0 aliphatic rings. The lowest BCUT2D eigenvalue weighted by molar-refractivity contribution is 0.100. The highest BCUT2D eigenvalue weighted by Crippen LogP contribution is 2.22. The maximum Gasteiger partial charge on any atom is 0.285 e. The van der Waals surface area contributed by atoms with Crippen LogP contribution in [0.25, 0.3) is 0 Å². The molecule has 0 aliphatic carbocycles. The minimum absolute atomic E-state index is 0.0267. The average Bonchev–Trinajstić information content (AvgIpc) is 2.46. The van der Waals surface area contributed by atoms with E-state index in [0.717, 1.165) is 11.1 Å². The fourth-order valence-electron chi connectivity index (χ4n) is 2.17. The first-order valence-electron chi connectivity index (χ1n) is 7.53. The maximum absolute atomic E-state index is 12.7. The van der Waals surface area contributed by atoms with Crippen LogP contribution in [0.15, 0.2) is 57.8 Å². The molecule has 1 amide bonds. The van der Waals surface area contributed by atoms with Crippen molar-refractivity contribution in [1.29, 1.82) is 0 Å². The lowest BCUT2D eigenvalue weighted by Crippen LogP contribution is -2.11. The minimum atomic E-state index is -2.74. The van der Waals surface area contributed by atoms with Crippen LogP contribution in [-0.4, -0.2) is 16.4 Å². The fraction of sp³-hybridized carbons (Fsp3) is 0.316. The van der Waals surface area contributed by atoms with Gasteiger partial charge >= 0.3 is 0 Å². The van der Waals surface area contributed by atoms with E-state index in [-0.39, 0.29) is 5.41 Å². The summed E-state index contributed by atoms with van der Waals surface area (Å²) in [4.78, 5) is 12.9. The van der Waals surface area contributed by atoms with Gasteiger partial charge in [-0.05, 0) is 42.2 Å². The molecule has 2 rings (SSSR count). The van der Waals surface area contributed by atoms with Crippen LogP contribution >= 0.6 is 0 Å². The first-order valence-corrected chi connectivity index (χ1v) is 9.46. The van der Waals surface area contributed by atoms with E-state index in [0.29, 0.717) is 10.5 Å². The molecule has 2 aromatic carbocycles. The van der Waals surface area contributed by atoms with Gasteiger partial charge in [-0.2, -0.15) is 4.36 Å². The zero-order valence-corrected chi connectivity index (χ0v) is 15.1. The highest BCUT2D eigenvalue weighted by atomic mass is 32.2. The zero-order valence-electron chi connectivity index (χ0n) is 14.3. The van der Waals surface area contributed by atoms with Crippen molar-refractivity contribution in [2.45, 2.75) is 38.0 Å². The van der Waals surface area contributed by atoms with Crippen LogP contribution in [0.5, 0.6) is 0 Å². The molecule has 0 radical (unpaired) electrons. The third kappa shape index (κ3) is 4.29. The molecule has 0 saturated heterocycles. The van der Waals surface area contributed by atoms with E-state index in [1.54, 1.807) is 24.3 Å². The van der Waals surface area contributed by atoms with E-state index in [2.05, 4.69) is 25.1 Å². The summed E-state index contributed by atoms with van der Waals surface area (Å²) in [6.07, 6.45) is 1.50. The molecule has 1 unspecified atom stereocenters. The van der Waals surface area contributed by atoms with Gasteiger partial charge in [-0.1, -0.05) is 50.6 Å². The largest absolute Gasteiger partial charge is 0.285 e. The summed E-state index contributed by atoms with van der Waals surface area (Å²) in [5, 5.41) is 0. The molecular weight excluding hydrogens is 306 g/mol. The fourth-order valence-corrected chi connectivity index (χ4v) is 3.34. The standard InChI is InChI=1S/C19H23NO2S/c1-14-6-12-17(13-7-14)23(5,22)20-18(21)15-8-10-16(11-9-15)19(2,3)4/h6-13H,1-5H3. The predicted molar refractivity (Wildman–Crippen MR) is 95.4 cm³/mol. The monoisotopic (exact) mass is 329 g/mol. The molecule has 4 heteroatoms. The van der Waals surface area contributed by atoms with Crippen molar-refractivity contribution in [3.8, 4) is 0 Å². The summed E-state index contributed by atoms with van der Waals surface area (Å²) < 4.78 is 16.7. The predicted octanol–water partition coefficient (Wildman–Crippen LogP) is 4.59. The Labute approximate surface area is 138 Å². The van der Waals surface area contributed by atoms with Crippen LogP contribution in [0.2, 0.25) is 0 Å². The first kappa shape index (κ1) is 17.4. The Hall–Kier alpha value is -1.94. The second kappa shape index (κ2) is 6.28. The van der Waals surface area contributed by atoms with Gasteiger partial charge in [0.1, 0.15) is 0 Å². The van der Waals surface area contributed by atoms with E-state index in [1.165, 1.54) is 6.26 Å². The SMILES string of the molecule is Cc1ccc(S(C)(=O)=NC(=O)c2ccc(C(C)(C)C)cc2)cc1. The Morgan fingerprint density at radius 1 is 0.957 bits per heavy atom. The quantitative estimate of drug-likeness (QED) is 0.809. The lowest BCUT2D eigenvalue weighted by atomic mass is 9.87. The molecule has 1 atom stereocenters. The van der Waals surface area contributed by atoms with Crippen molar-refractivity contribution >= 4 is 15.6 Å². The first-order chi connectivity index (χ1) is 10.6. The molecule has 3 nitrogen and oxygen atoms in total. The number of hydrogen-bond donors (Lipinski definition) is 0. The van der Waals surface area contributed by atoms with Gasteiger partial charge in [0.15, 0.2) is 0 Å². The third-order valence-electron chi connectivity index (χ3n) is 3.71. The highest BCUT2D eigenvalue weighted by molar-refractivity contribution is 7.93. The Bertz CT molecular complexity index is 819. The molecule has 0 bridgehead atoms. The van der Waals surface area contributed by atoms with Crippen LogP contribution in [0.3, 0.4) is 0 Å². The minimum Gasteiger partial charge on any atom is -0.266 e. The zero-order chi connectivity index (χ0) is 17.3. The van der Waals surface area contributed by atoms with Crippen molar-refractivity contribution in [3.63, 3.8) is 0 Å². The van der Waals surface area contributed by atoms with Crippen molar-refractivity contribution in [1.82, 2.24) is 0 Å². The molecule has 0 spiro atoms. The summed E-state index contributed by atoms with van der Waals surface area (Å²) in [5.41, 5.74) is 2.70. The normalized spacial score (nSPS) is 14.1. The second-order valence-corrected chi connectivity index (χ2v) is 9.10. The maximum atomic E-state index is 12.7. The van der Waals surface area contributed by atoms with Crippen LogP contribution in [0.4, 0.5) is 0 Å². The highest BCUT2D eigenvalue weighted by Gasteiger charge is 2.15. The van der Waals surface area contributed by atoms with Gasteiger partial charge in [0.25, 0.3) is 5.91 Å². The van der Waals surface area contributed by atoms with Crippen molar-refractivity contribution in [3.05, 3.63) is 65.2 Å². The average molecular weight is 329 g/mol. The molecular formula is C19H23NO2S. The number of rotatable bonds is 2. The molecule has 122 valence electrons. The Kier molecular flexibility index (Phi) is 4.76. The molecule has 0 saturated carbocycles. The van der Waals surface area contributed by atoms with Crippen LogP contribution in [0.1, 0.15) is 42.3 Å². The molecule has 0 fully saturated rings. The van der Waals surface area contributed by atoms with Crippen molar-refractivity contribution in [2.24, 2.45) is 4.36 Å². The van der Waals surface area contributed by atoms with E-state index in [1.807, 2.05) is 31.2 Å². The van der Waals surface area contributed by atoms with Gasteiger partial charge < -0.3 is 0 Å². The second-order valence-electron chi connectivity index (χ2n) is 6.84. The number of aryl methyl sites for hydroxylation is 1. The Morgan fingerprint density at radius 3 is 1.96 bits per heavy atom. The van der Waals surface area contributed by atoms with E-state index < -0.39 is 15.6 Å². The Balaban J connectivity index is 2.33. The van der Waals surface area contributed by atoms with Gasteiger partial charge in [-0.15, -0.1) is 0 Å². The van der Waals surface area contributed by atoms with Gasteiger partial charge in [-0.25, -0.2) is 4.21 Å². The molecule has 0 aliphatic heterocycles. The molecule has 0 aromatic heterocycles. The van der Waals surface area contributed by atoms with Crippen LogP contribution < -0.4 is 0 Å². The van der Waals surface area contributed by atoms with Crippen molar-refractivity contribution < 1.29 is 9.00 Å².